The second kappa shape index (κ2) is 9.27. The molecule has 2 aromatic carbocycles. The molecule has 0 aliphatic rings. The lowest BCUT2D eigenvalue weighted by Gasteiger charge is -2.14. The number of hydrazine groups is 1. The third-order valence-electron chi connectivity index (χ3n) is 3.73. The van der Waals surface area contributed by atoms with Crippen molar-refractivity contribution < 1.29 is 23.5 Å². The number of carbonyl (C=O) groups is 2. The summed E-state index contributed by atoms with van der Waals surface area (Å²) in [5.74, 6) is 0.738. The van der Waals surface area contributed by atoms with Crippen LogP contribution >= 0.6 is 0 Å². The van der Waals surface area contributed by atoms with Crippen LogP contribution in [0.4, 0.5) is 0 Å². The number of benzene rings is 2. The van der Waals surface area contributed by atoms with Crippen LogP contribution < -0.4 is 20.3 Å². The van der Waals surface area contributed by atoms with Gasteiger partial charge in [-0.2, -0.15) is 0 Å². The Morgan fingerprint density at radius 1 is 0.893 bits per heavy atom. The zero-order valence-electron chi connectivity index (χ0n) is 15.3. The van der Waals surface area contributed by atoms with Gasteiger partial charge in [0.05, 0.1) is 0 Å². The Morgan fingerprint density at radius 3 is 2.21 bits per heavy atom. The molecule has 0 saturated carbocycles. The molecule has 2 amide bonds. The van der Waals surface area contributed by atoms with Gasteiger partial charge in [-0.3, -0.25) is 20.4 Å². The van der Waals surface area contributed by atoms with Gasteiger partial charge in [-0.05, 0) is 43.3 Å². The Kier molecular flexibility index (Phi) is 6.30. The van der Waals surface area contributed by atoms with E-state index in [1.54, 1.807) is 37.3 Å². The molecule has 0 radical (unpaired) electrons. The third-order valence-corrected chi connectivity index (χ3v) is 3.73. The van der Waals surface area contributed by atoms with Gasteiger partial charge in [-0.25, -0.2) is 0 Å². The highest BCUT2D eigenvalue weighted by atomic mass is 16.5. The topological polar surface area (TPSA) is 89.8 Å². The number of rotatable bonds is 7. The molecular formula is C21H20N2O5. The summed E-state index contributed by atoms with van der Waals surface area (Å²) >= 11 is 0. The lowest BCUT2D eigenvalue weighted by Crippen LogP contribution is -2.47. The first-order valence-electron chi connectivity index (χ1n) is 8.70. The molecule has 28 heavy (non-hydrogen) atoms. The van der Waals surface area contributed by atoms with Gasteiger partial charge in [-0.1, -0.05) is 36.4 Å². The van der Waals surface area contributed by atoms with E-state index in [1.807, 2.05) is 36.4 Å². The molecule has 0 bridgehead atoms. The maximum Gasteiger partial charge on any atom is 0.305 e. The average molecular weight is 380 g/mol. The highest BCUT2D eigenvalue weighted by molar-refractivity contribution is 5.93. The van der Waals surface area contributed by atoms with E-state index < -0.39 is 17.9 Å². The lowest BCUT2D eigenvalue weighted by molar-refractivity contribution is -0.128. The molecule has 1 atom stereocenters. The van der Waals surface area contributed by atoms with Crippen LogP contribution in [0.2, 0.25) is 0 Å². The summed E-state index contributed by atoms with van der Waals surface area (Å²) in [6, 6.07) is 21.3. The largest absolute Gasteiger partial charge is 0.486 e. The molecule has 7 nitrogen and oxygen atoms in total. The van der Waals surface area contributed by atoms with Crippen LogP contribution in [0, 0.1) is 0 Å². The van der Waals surface area contributed by atoms with Gasteiger partial charge in [0.15, 0.2) is 11.9 Å². The van der Waals surface area contributed by atoms with Crippen LogP contribution in [-0.2, 0) is 11.4 Å². The van der Waals surface area contributed by atoms with Crippen molar-refractivity contribution in [3.05, 3.63) is 84.3 Å². The fraction of sp³-hybridized carbons (Fsp3) is 0.143. The molecule has 3 aromatic rings. The van der Waals surface area contributed by atoms with E-state index in [2.05, 4.69) is 10.9 Å². The summed E-state index contributed by atoms with van der Waals surface area (Å²) in [4.78, 5) is 24.2. The van der Waals surface area contributed by atoms with Crippen molar-refractivity contribution in [2.45, 2.75) is 19.6 Å². The second-order valence-electron chi connectivity index (χ2n) is 5.88. The SMILES string of the molecule is CC(Oc1ccccc1)C(=O)NNC(=O)c1ccc(COc2ccccc2)o1. The van der Waals surface area contributed by atoms with Crippen molar-refractivity contribution in [3.63, 3.8) is 0 Å². The lowest BCUT2D eigenvalue weighted by atomic mass is 10.3. The molecule has 0 saturated heterocycles. The van der Waals surface area contributed by atoms with Gasteiger partial charge in [0.25, 0.3) is 5.91 Å². The number of carbonyl (C=O) groups excluding carboxylic acids is 2. The maximum absolute atomic E-state index is 12.1. The molecule has 2 N–H and O–H groups in total. The predicted octanol–water partition coefficient (Wildman–Crippen LogP) is 3.09. The molecule has 3 rings (SSSR count). The standard InChI is InChI=1S/C21H20N2O5/c1-15(27-17-10-6-3-7-11-17)20(24)22-23-21(25)19-13-12-18(28-19)14-26-16-8-4-2-5-9-16/h2-13,15H,14H2,1H3,(H,22,24)(H,23,25). The fourth-order valence-corrected chi connectivity index (χ4v) is 2.29. The van der Waals surface area contributed by atoms with Crippen molar-refractivity contribution >= 4 is 11.8 Å². The monoisotopic (exact) mass is 380 g/mol. The first-order chi connectivity index (χ1) is 13.6. The Balaban J connectivity index is 1.45. The van der Waals surface area contributed by atoms with E-state index in [4.69, 9.17) is 13.9 Å². The summed E-state index contributed by atoms with van der Waals surface area (Å²) in [7, 11) is 0. The van der Waals surface area contributed by atoms with Crippen LogP contribution in [0.5, 0.6) is 11.5 Å². The smallest absolute Gasteiger partial charge is 0.305 e. The van der Waals surface area contributed by atoms with Gasteiger partial charge >= 0.3 is 5.91 Å². The average Bonchev–Trinajstić information content (AvgIpc) is 3.21. The number of nitrogens with one attached hydrogen (secondary N) is 2. The maximum atomic E-state index is 12.1. The van der Waals surface area contributed by atoms with Gasteiger partial charge in [0, 0.05) is 0 Å². The van der Waals surface area contributed by atoms with Crippen molar-refractivity contribution in [3.8, 4) is 11.5 Å². The minimum absolute atomic E-state index is 0.0589. The van der Waals surface area contributed by atoms with Crippen LogP contribution in [-0.4, -0.2) is 17.9 Å². The minimum Gasteiger partial charge on any atom is -0.486 e. The number of hydrogen-bond donors (Lipinski definition) is 2. The van der Waals surface area contributed by atoms with E-state index in [9.17, 15) is 9.59 Å². The number of hydrogen-bond acceptors (Lipinski definition) is 5. The Hall–Kier alpha value is -3.74. The van der Waals surface area contributed by atoms with E-state index >= 15 is 0 Å². The Bertz CT molecular complexity index is 909. The van der Waals surface area contributed by atoms with Crippen LogP contribution in [0.15, 0.2) is 77.2 Å². The highest BCUT2D eigenvalue weighted by Gasteiger charge is 2.17. The summed E-state index contributed by atoms with van der Waals surface area (Å²) in [6.07, 6.45) is -0.783. The fourth-order valence-electron chi connectivity index (χ4n) is 2.29. The highest BCUT2D eigenvalue weighted by Crippen LogP contribution is 2.14. The quantitative estimate of drug-likeness (QED) is 0.615. The van der Waals surface area contributed by atoms with E-state index in [0.717, 1.165) is 0 Å². The van der Waals surface area contributed by atoms with Crippen molar-refractivity contribution in [2.24, 2.45) is 0 Å². The van der Waals surface area contributed by atoms with E-state index in [-0.39, 0.29) is 12.4 Å². The summed E-state index contributed by atoms with van der Waals surface area (Å²) in [6.45, 7) is 1.77. The molecule has 144 valence electrons. The number of furan rings is 1. The minimum atomic E-state index is -0.783. The molecule has 0 aliphatic carbocycles. The summed E-state index contributed by atoms with van der Waals surface area (Å²) in [5.41, 5.74) is 4.61. The molecule has 1 aromatic heterocycles. The molecule has 0 fully saturated rings. The van der Waals surface area contributed by atoms with Crippen LogP contribution in [0.1, 0.15) is 23.2 Å². The Morgan fingerprint density at radius 2 is 1.54 bits per heavy atom. The van der Waals surface area contributed by atoms with Gasteiger partial charge in [0.1, 0.15) is 23.9 Å². The zero-order valence-corrected chi connectivity index (χ0v) is 15.3. The molecule has 1 heterocycles. The van der Waals surface area contributed by atoms with Crippen molar-refractivity contribution in [1.82, 2.24) is 10.9 Å². The molecule has 0 spiro atoms. The predicted molar refractivity (Wildman–Crippen MR) is 102 cm³/mol. The molecule has 1 unspecified atom stereocenters. The molecular weight excluding hydrogens is 360 g/mol. The molecule has 0 aliphatic heterocycles. The van der Waals surface area contributed by atoms with Gasteiger partial charge in [0.2, 0.25) is 0 Å². The van der Waals surface area contributed by atoms with E-state index in [0.29, 0.717) is 17.3 Å². The third kappa shape index (κ3) is 5.38. The van der Waals surface area contributed by atoms with E-state index in [1.165, 1.54) is 6.07 Å². The zero-order chi connectivity index (χ0) is 19.8. The summed E-state index contributed by atoms with van der Waals surface area (Å²) < 4.78 is 16.5. The number of ether oxygens (including phenoxy) is 2. The van der Waals surface area contributed by atoms with Gasteiger partial charge in [-0.15, -0.1) is 0 Å². The number of para-hydroxylation sites is 2. The van der Waals surface area contributed by atoms with Crippen LogP contribution in [0.25, 0.3) is 0 Å². The first-order valence-corrected chi connectivity index (χ1v) is 8.70. The van der Waals surface area contributed by atoms with Gasteiger partial charge < -0.3 is 13.9 Å². The van der Waals surface area contributed by atoms with Crippen molar-refractivity contribution in [1.29, 1.82) is 0 Å². The van der Waals surface area contributed by atoms with Crippen molar-refractivity contribution in [2.75, 3.05) is 0 Å². The number of amides is 2. The Labute approximate surface area is 162 Å². The van der Waals surface area contributed by atoms with Crippen LogP contribution in [0.3, 0.4) is 0 Å². The molecule has 7 heteroatoms. The summed E-state index contributed by atoms with van der Waals surface area (Å²) in [5, 5.41) is 0. The second-order valence-corrected chi connectivity index (χ2v) is 5.88. The first kappa shape index (κ1) is 19.0. The normalized spacial score (nSPS) is 11.3.